The molecule has 4 heterocycles. The number of pyridine rings is 1. The van der Waals surface area contributed by atoms with Gasteiger partial charge in [-0.25, -0.2) is 8.78 Å². The van der Waals surface area contributed by atoms with E-state index in [-0.39, 0.29) is 56.8 Å². The van der Waals surface area contributed by atoms with E-state index in [0.717, 1.165) is 51.7 Å². The van der Waals surface area contributed by atoms with E-state index in [2.05, 4.69) is 32.7 Å². The highest BCUT2D eigenvalue weighted by Gasteiger charge is 2.45. The zero-order valence-corrected chi connectivity index (χ0v) is 27.2. The van der Waals surface area contributed by atoms with Crippen molar-refractivity contribution in [1.82, 2.24) is 25.2 Å². The second-order valence-electron chi connectivity index (χ2n) is 13.2. The molecule has 49 heavy (non-hydrogen) atoms. The third-order valence-corrected chi connectivity index (χ3v) is 9.72. The van der Waals surface area contributed by atoms with Gasteiger partial charge in [-0.1, -0.05) is 18.6 Å². The van der Waals surface area contributed by atoms with E-state index in [1.807, 2.05) is 4.90 Å². The fourth-order valence-electron chi connectivity index (χ4n) is 6.96. The van der Waals surface area contributed by atoms with Gasteiger partial charge in [0.1, 0.15) is 28.6 Å². The lowest BCUT2D eigenvalue weighted by atomic mass is 9.96. The number of aromatic hydroxyl groups is 1. The second kappa shape index (κ2) is 13.6. The van der Waals surface area contributed by atoms with E-state index in [4.69, 9.17) is 20.9 Å². The molecule has 1 amide bonds. The number of nitrogens with one attached hydrogen (secondary N) is 1. The summed E-state index contributed by atoms with van der Waals surface area (Å²) < 4.78 is 43.6. The molecule has 10 nitrogen and oxygen atoms in total. The summed E-state index contributed by atoms with van der Waals surface area (Å²) in [7, 11) is 0. The van der Waals surface area contributed by atoms with Crippen LogP contribution in [0.15, 0.2) is 43.1 Å². The number of fused-ring (bicyclic) bond motifs is 2. The molecule has 2 N–H and O–H groups in total. The molecule has 0 bridgehead atoms. The van der Waals surface area contributed by atoms with E-state index < -0.39 is 11.6 Å². The van der Waals surface area contributed by atoms with Crippen molar-refractivity contribution in [2.45, 2.75) is 38.1 Å². The summed E-state index contributed by atoms with van der Waals surface area (Å²) in [6, 6.07) is 5.30. The molecule has 2 aromatic heterocycles. The highest BCUT2D eigenvalue weighted by atomic mass is 19.1. The van der Waals surface area contributed by atoms with Crippen molar-refractivity contribution in [1.29, 1.82) is 0 Å². The first-order chi connectivity index (χ1) is 23.8. The molecule has 0 spiro atoms. The van der Waals surface area contributed by atoms with Crippen LogP contribution in [0.2, 0.25) is 0 Å². The number of phenols is 1. The van der Waals surface area contributed by atoms with Gasteiger partial charge < -0.3 is 24.8 Å². The topological polar surface area (TPSA) is 113 Å². The van der Waals surface area contributed by atoms with E-state index in [1.165, 1.54) is 36.5 Å². The molecule has 0 unspecified atom stereocenters. The number of rotatable bonds is 9. The number of hydrogen-bond donors (Lipinski definition) is 2. The molecule has 1 saturated carbocycles. The van der Waals surface area contributed by atoms with Crippen LogP contribution in [0.5, 0.6) is 11.8 Å². The first-order valence-electron chi connectivity index (χ1n) is 16.7. The summed E-state index contributed by atoms with van der Waals surface area (Å²) in [6.07, 6.45) is 12.9. The highest BCUT2D eigenvalue weighted by Crippen LogP contribution is 2.47. The predicted molar refractivity (Wildman–Crippen MR) is 182 cm³/mol. The van der Waals surface area contributed by atoms with E-state index in [1.54, 1.807) is 0 Å². The first-order valence-corrected chi connectivity index (χ1v) is 16.7. The number of benzene rings is 2. The monoisotopic (exact) mass is 668 g/mol. The minimum absolute atomic E-state index is 0.0267. The van der Waals surface area contributed by atoms with Crippen LogP contribution in [0.3, 0.4) is 0 Å². The molecule has 3 fully saturated rings. The van der Waals surface area contributed by atoms with Crippen molar-refractivity contribution in [2.75, 3.05) is 57.4 Å². The number of phenolic OH excluding ortho intramolecular Hbond substituents is 1. The van der Waals surface area contributed by atoms with Crippen LogP contribution in [0.1, 0.15) is 37.7 Å². The molecule has 3 aliphatic rings. The average molecular weight is 669 g/mol. The molecule has 7 rings (SSSR count). The summed E-state index contributed by atoms with van der Waals surface area (Å²) in [5, 5.41) is 14.6. The minimum Gasteiger partial charge on any atom is -0.508 e. The lowest BCUT2D eigenvalue weighted by Crippen LogP contribution is -2.42. The van der Waals surface area contributed by atoms with Crippen molar-refractivity contribution >= 4 is 33.4 Å². The van der Waals surface area contributed by atoms with Crippen LogP contribution >= 0.6 is 0 Å². The van der Waals surface area contributed by atoms with Gasteiger partial charge in [0.25, 0.3) is 0 Å². The van der Waals surface area contributed by atoms with Gasteiger partial charge in [0.2, 0.25) is 5.91 Å². The number of carbonyl (C=O) groups is 1. The van der Waals surface area contributed by atoms with Crippen LogP contribution < -0.4 is 15.0 Å². The Morgan fingerprint density at radius 3 is 2.78 bits per heavy atom. The fourth-order valence-corrected chi connectivity index (χ4v) is 6.96. The highest BCUT2D eigenvalue weighted by molar-refractivity contribution is 6.03. The van der Waals surface area contributed by atoms with Crippen LogP contribution in [0.25, 0.3) is 32.9 Å². The van der Waals surface area contributed by atoms with Crippen LogP contribution in [0, 0.1) is 29.4 Å². The van der Waals surface area contributed by atoms with Gasteiger partial charge in [-0.15, -0.1) is 6.42 Å². The summed E-state index contributed by atoms with van der Waals surface area (Å²) in [5.74, 6) is 0.958. The molecule has 0 radical (unpaired) electrons. The lowest BCUT2D eigenvalue weighted by molar-refractivity contribution is -0.117. The van der Waals surface area contributed by atoms with E-state index in [9.17, 15) is 14.3 Å². The zero-order chi connectivity index (χ0) is 34.1. The number of ether oxygens (including phenoxy) is 2. The number of anilines is 1. The molecule has 2 aromatic carbocycles. The Labute approximate surface area is 283 Å². The lowest BCUT2D eigenvalue weighted by Gasteiger charge is -2.30. The number of amides is 1. The van der Waals surface area contributed by atoms with Gasteiger partial charge >= 0.3 is 6.01 Å². The SMILES string of the molecule is C#Cc1c(F)ccc2cc(O)cc(-c3ncc4c(N5CCCC[C@@H](NC(=O)C=C)C5)nc(OCC5(CN6CCOCC6)CC5)nc4c3F)c12. The molecule has 254 valence electrons. The third-order valence-electron chi connectivity index (χ3n) is 9.72. The molecule has 4 aromatic rings. The Bertz CT molecular complexity index is 1970. The summed E-state index contributed by atoms with van der Waals surface area (Å²) in [6.45, 7) is 9.00. The molecular formula is C37H38F2N6O4. The van der Waals surface area contributed by atoms with Crippen molar-refractivity contribution in [3.63, 3.8) is 0 Å². The fraction of sp³-hybridized carbons (Fsp3) is 0.405. The standard InChI is InChI=1S/C37H38F2N6O4/c1-3-26-29(38)9-8-23-17-25(46)18-27(31(23)26)33-32(39)34-28(19-40-33)35(45-12-6-5-7-24(20-45)41-30(47)4-2)43-36(42-34)49-22-37(10-11-37)21-44-13-15-48-16-14-44/h1,4,8-9,17-19,24,46H,2,5-7,10-16,20-22H2,(H,41,47)/t24-/m1/s1. The molecule has 2 aliphatic heterocycles. The van der Waals surface area contributed by atoms with Crippen LogP contribution in [0.4, 0.5) is 14.6 Å². The third kappa shape index (κ3) is 6.73. The van der Waals surface area contributed by atoms with Gasteiger partial charge in [-0.05, 0) is 61.8 Å². The maximum absolute atomic E-state index is 16.9. The maximum atomic E-state index is 16.9. The average Bonchev–Trinajstić information content (AvgIpc) is 3.91. The van der Waals surface area contributed by atoms with Gasteiger partial charge in [0, 0.05) is 61.3 Å². The van der Waals surface area contributed by atoms with Crippen molar-refractivity contribution in [3.05, 3.63) is 60.3 Å². The zero-order valence-electron chi connectivity index (χ0n) is 27.2. The number of halogens is 2. The molecular weight excluding hydrogens is 630 g/mol. The Hall–Kier alpha value is -4.86. The normalized spacial score (nSPS) is 19.3. The van der Waals surface area contributed by atoms with Crippen molar-refractivity contribution in [2.24, 2.45) is 5.41 Å². The Kier molecular flexibility index (Phi) is 9.05. The van der Waals surface area contributed by atoms with Crippen molar-refractivity contribution in [3.8, 4) is 35.4 Å². The second-order valence-corrected chi connectivity index (χ2v) is 13.2. The first kappa shape index (κ1) is 32.7. The Morgan fingerprint density at radius 2 is 2.02 bits per heavy atom. The predicted octanol–water partition coefficient (Wildman–Crippen LogP) is 4.96. The maximum Gasteiger partial charge on any atom is 0.319 e. The number of terminal acetylenes is 1. The number of nitrogens with zero attached hydrogens (tertiary/aromatic N) is 5. The molecule has 12 heteroatoms. The quantitative estimate of drug-likeness (QED) is 0.189. The number of aromatic nitrogens is 3. The van der Waals surface area contributed by atoms with Crippen LogP contribution in [-0.4, -0.2) is 89.5 Å². The van der Waals surface area contributed by atoms with Crippen LogP contribution in [-0.2, 0) is 9.53 Å². The smallest absolute Gasteiger partial charge is 0.319 e. The largest absolute Gasteiger partial charge is 0.508 e. The summed E-state index contributed by atoms with van der Waals surface area (Å²) in [4.78, 5) is 30.5. The van der Waals surface area contributed by atoms with Gasteiger partial charge in [0.05, 0.1) is 30.8 Å². The minimum atomic E-state index is -0.786. The Balaban J connectivity index is 1.32. The van der Waals surface area contributed by atoms with E-state index >= 15 is 4.39 Å². The van der Waals surface area contributed by atoms with E-state index in [0.29, 0.717) is 49.5 Å². The summed E-state index contributed by atoms with van der Waals surface area (Å²) in [5.41, 5.74) is -0.156. The number of morpholine rings is 1. The van der Waals surface area contributed by atoms with Gasteiger partial charge in [-0.3, -0.25) is 14.7 Å². The molecule has 2 saturated heterocycles. The summed E-state index contributed by atoms with van der Waals surface area (Å²) >= 11 is 0. The number of carbonyl (C=O) groups excluding carboxylic acids is 1. The Morgan fingerprint density at radius 1 is 1.20 bits per heavy atom. The van der Waals surface area contributed by atoms with Gasteiger partial charge in [-0.2, -0.15) is 9.97 Å². The number of hydrogen-bond acceptors (Lipinski definition) is 9. The molecule has 1 atom stereocenters. The molecule has 1 aliphatic carbocycles. The van der Waals surface area contributed by atoms with Crippen molar-refractivity contribution < 1.29 is 28.2 Å². The van der Waals surface area contributed by atoms with Gasteiger partial charge in [0.15, 0.2) is 5.82 Å².